The van der Waals surface area contributed by atoms with E-state index in [9.17, 15) is 25.9 Å². The minimum absolute atomic E-state index is 0.000284. The molecule has 2 aromatic heterocycles. The lowest BCUT2D eigenvalue weighted by Gasteiger charge is -2.26. The average molecular weight is 768 g/mol. The lowest BCUT2D eigenvalue weighted by molar-refractivity contribution is 0.122. The molecule has 264 valence electrons. The van der Waals surface area contributed by atoms with Gasteiger partial charge >= 0.3 is 0 Å². The van der Waals surface area contributed by atoms with Gasteiger partial charge < -0.3 is 29.9 Å². The number of hydrogen-bond acceptors (Lipinski definition) is 16. The first-order valence-electron chi connectivity index (χ1n) is 14.8. The number of nitrogens with zero attached hydrogens (tertiary/aromatic N) is 8. The van der Waals surface area contributed by atoms with Gasteiger partial charge in [-0.3, -0.25) is 9.11 Å². The van der Waals surface area contributed by atoms with Gasteiger partial charge in [0, 0.05) is 37.6 Å². The van der Waals surface area contributed by atoms with Crippen LogP contribution in [0.3, 0.4) is 0 Å². The van der Waals surface area contributed by atoms with Crippen LogP contribution in [-0.4, -0.2) is 108 Å². The predicted octanol–water partition coefficient (Wildman–Crippen LogP) is 3.19. The van der Waals surface area contributed by atoms with Gasteiger partial charge in [0.1, 0.15) is 9.79 Å². The third kappa shape index (κ3) is 8.89. The summed E-state index contributed by atoms with van der Waals surface area (Å²) < 4.78 is 80.4. The van der Waals surface area contributed by atoms with Crippen molar-refractivity contribution in [2.24, 2.45) is 0 Å². The smallest absolute Gasteiger partial charge is 0.295 e. The maximum absolute atomic E-state index is 12.4. The molecule has 18 nitrogen and oxygen atoms in total. The van der Waals surface area contributed by atoms with E-state index in [0.29, 0.717) is 64.5 Å². The molecule has 0 atom stereocenters. The molecule has 22 heteroatoms. The zero-order valence-corrected chi connectivity index (χ0v) is 28.9. The summed E-state index contributed by atoms with van der Waals surface area (Å²) in [6, 6.07) is 8.00. The van der Waals surface area contributed by atoms with Gasteiger partial charge in [-0.2, -0.15) is 46.7 Å². The van der Waals surface area contributed by atoms with Crippen LogP contribution in [0.4, 0.5) is 35.2 Å². The van der Waals surface area contributed by atoms with Gasteiger partial charge in [-0.05, 0) is 58.6 Å². The summed E-state index contributed by atoms with van der Waals surface area (Å²) in [5, 5.41) is 5.54. The Bertz CT molecular complexity index is 2000. The molecule has 0 aliphatic carbocycles. The van der Waals surface area contributed by atoms with Crippen LogP contribution in [0.1, 0.15) is 11.1 Å². The summed E-state index contributed by atoms with van der Waals surface area (Å²) in [7, 11) is -9.58. The van der Waals surface area contributed by atoms with Crippen molar-refractivity contribution in [1.29, 1.82) is 0 Å². The number of benzene rings is 2. The molecule has 2 aliphatic rings. The summed E-state index contributed by atoms with van der Waals surface area (Å²) >= 11 is 12.2. The molecule has 0 saturated carbocycles. The second-order valence-corrected chi connectivity index (χ2v) is 14.1. The fourth-order valence-electron chi connectivity index (χ4n) is 4.98. The van der Waals surface area contributed by atoms with E-state index in [1.54, 1.807) is 0 Å². The number of aromatic nitrogens is 6. The molecule has 4 heterocycles. The van der Waals surface area contributed by atoms with Crippen LogP contribution in [0.25, 0.3) is 12.2 Å². The first-order valence-corrected chi connectivity index (χ1v) is 18.4. The van der Waals surface area contributed by atoms with Crippen molar-refractivity contribution < 1.29 is 35.4 Å². The molecule has 2 saturated heterocycles. The van der Waals surface area contributed by atoms with Crippen LogP contribution in [0.2, 0.25) is 10.6 Å². The van der Waals surface area contributed by atoms with E-state index in [-0.39, 0.29) is 45.0 Å². The van der Waals surface area contributed by atoms with Crippen LogP contribution >= 0.6 is 23.2 Å². The summed E-state index contributed by atoms with van der Waals surface area (Å²) in [6.45, 7) is 4.09. The van der Waals surface area contributed by atoms with Gasteiger partial charge in [-0.25, -0.2) is 0 Å². The number of anilines is 6. The first kappa shape index (κ1) is 35.5. The highest BCUT2D eigenvalue weighted by Gasteiger charge is 2.21. The SMILES string of the molecule is O=S(=O)(O)c1cc(Nc2nc(Cl)nc(N3CCOCC3)n2)ccc1/C=C/c1ccc(Nc2nc(Cl)nc(N3CCOCC3)n2)cc1S(=O)(=O)O. The van der Waals surface area contributed by atoms with Crippen molar-refractivity contribution in [2.45, 2.75) is 9.79 Å². The molecule has 2 aromatic carbocycles. The summed E-state index contributed by atoms with van der Waals surface area (Å²) in [4.78, 5) is 27.8. The van der Waals surface area contributed by atoms with Gasteiger partial charge in [-0.1, -0.05) is 24.3 Å². The number of rotatable bonds is 10. The molecule has 0 bridgehead atoms. The molecule has 0 unspecified atom stereocenters. The Kier molecular flexibility index (Phi) is 10.6. The van der Waals surface area contributed by atoms with E-state index in [0.717, 1.165) is 12.1 Å². The fourth-order valence-corrected chi connectivity index (χ4v) is 6.72. The number of ether oxygens (including phenoxy) is 2. The van der Waals surface area contributed by atoms with E-state index in [1.165, 1.54) is 36.4 Å². The molecule has 50 heavy (non-hydrogen) atoms. The molecule has 0 spiro atoms. The van der Waals surface area contributed by atoms with Gasteiger partial charge in [-0.15, -0.1) is 0 Å². The summed E-state index contributed by atoms with van der Waals surface area (Å²) in [5.74, 6) is 0.658. The second-order valence-electron chi connectivity index (χ2n) is 10.7. The first-order chi connectivity index (χ1) is 23.8. The van der Waals surface area contributed by atoms with Crippen molar-refractivity contribution in [3.8, 4) is 0 Å². The third-order valence-corrected chi connectivity index (χ3v) is 9.47. The molecule has 6 rings (SSSR count). The molecule has 0 radical (unpaired) electrons. The monoisotopic (exact) mass is 766 g/mol. The summed E-state index contributed by atoms with van der Waals surface area (Å²) in [5.41, 5.74) is 0.378. The van der Waals surface area contributed by atoms with Gasteiger partial charge in [0.15, 0.2) is 0 Å². The van der Waals surface area contributed by atoms with Crippen LogP contribution in [0.15, 0.2) is 46.2 Å². The number of halogens is 2. The zero-order chi connectivity index (χ0) is 35.5. The molecule has 4 aromatic rings. The standard InChI is InChI=1S/C28H28Cl2N10O8S2/c29-23-33-25(37-27(35-23)39-7-11-47-12-8-39)31-19-5-3-17(21(15-19)49(41,42)43)1-2-18-4-6-20(16-22(18)50(44,45)46)32-26-34-24(30)36-28(38-26)40-9-13-48-14-10-40/h1-6,15-16H,7-14H2,(H,41,42,43)(H,44,45,46)(H,31,33,35,37)(H,32,34,36,38)/b2-1+. The number of hydrogen-bond donors (Lipinski definition) is 4. The Morgan fingerprint density at radius 2 is 1.00 bits per heavy atom. The number of morpholine rings is 2. The topological polar surface area (TPSA) is 235 Å². The highest BCUT2D eigenvalue weighted by atomic mass is 35.5. The second kappa shape index (κ2) is 14.9. The maximum atomic E-state index is 12.4. The average Bonchev–Trinajstić information content (AvgIpc) is 3.07. The minimum atomic E-state index is -4.79. The Morgan fingerprint density at radius 3 is 1.36 bits per heavy atom. The largest absolute Gasteiger partial charge is 0.378 e. The Hall–Kier alpha value is -4.28. The van der Waals surface area contributed by atoms with Gasteiger partial charge in [0.05, 0.1) is 26.4 Å². The lowest BCUT2D eigenvalue weighted by atomic mass is 10.1. The molecule has 0 amide bonds. The van der Waals surface area contributed by atoms with Crippen molar-refractivity contribution in [1.82, 2.24) is 29.9 Å². The van der Waals surface area contributed by atoms with Crippen molar-refractivity contribution >= 4 is 90.8 Å². The number of nitrogens with one attached hydrogen (secondary N) is 2. The van der Waals surface area contributed by atoms with E-state index in [4.69, 9.17) is 32.7 Å². The van der Waals surface area contributed by atoms with Crippen molar-refractivity contribution in [3.05, 3.63) is 58.1 Å². The molecule has 2 fully saturated rings. The lowest BCUT2D eigenvalue weighted by Crippen LogP contribution is -2.37. The quantitative estimate of drug-likeness (QED) is 0.134. The van der Waals surface area contributed by atoms with Crippen LogP contribution < -0.4 is 20.4 Å². The molecule has 2 aliphatic heterocycles. The highest BCUT2D eigenvalue weighted by molar-refractivity contribution is 7.86. The van der Waals surface area contributed by atoms with E-state index >= 15 is 0 Å². The highest BCUT2D eigenvalue weighted by Crippen LogP contribution is 2.28. The van der Waals surface area contributed by atoms with E-state index in [1.807, 2.05) is 9.80 Å². The summed E-state index contributed by atoms with van der Waals surface area (Å²) in [6.07, 6.45) is 2.53. The van der Waals surface area contributed by atoms with Crippen molar-refractivity contribution in [2.75, 3.05) is 73.0 Å². The zero-order valence-electron chi connectivity index (χ0n) is 25.8. The normalized spacial score (nSPS) is 15.8. The molecular weight excluding hydrogens is 739 g/mol. The third-order valence-electron chi connectivity index (χ3n) is 7.32. The Morgan fingerprint density at radius 1 is 0.620 bits per heavy atom. The van der Waals surface area contributed by atoms with Gasteiger partial charge in [0.25, 0.3) is 20.2 Å². The van der Waals surface area contributed by atoms with Crippen LogP contribution in [-0.2, 0) is 29.7 Å². The van der Waals surface area contributed by atoms with Crippen molar-refractivity contribution in [3.63, 3.8) is 0 Å². The van der Waals surface area contributed by atoms with Crippen LogP contribution in [0, 0.1) is 0 Å². The van der Waals surface area contributed by atoms with Gasteiger partial charge in [0.2, 0.25) is 34.4 Å². The van der Waals surface area contributed by atoms with Crippen LogP contribution in [0.5, 0.6) is 0 Å². The van der Waals surface area contributed by atoms with E-state index < -0.39 is 30.0 Å². The molecular formula is C28H28Cl2N10O8S2. The predicted molar refractivity (Wildman–Crippen MR) is 184 cm³/mol. The molecule has 4 N–H and O–H groups in total. The minimum Gasteiger partial charge on any atom is -0.378 e. The maximum Gasteiger partial charge on any atom is 0.295 e. The Balaban J connectivity index is 1.26. The van der Waals surface area contributed by atoms with E-state index in [2.05, 4.69) is 40.5 Å². The fraction of sp³-hybridized carbons (Fsp3) is 0.286. The Labute approximate surface area is 296 Å².